The highest BCUT2D eigenvalue weighted by Crippen LogP contribution is 2.17. The molecule has 0 amide bonds. The maximum Gasteiger partial charge on any atom is 0.123 e. The van der Waals surface area contributed by atoms with Gasteiger partial charge < -0.3 is 14.6 Å². The van der Waals surface area contributed by atoms with Gasteiger partial charge in [-0.15, -0.1) is 0 Å². The lowest BCUT2D eigenvalue weighted by Crippen LogP contribution is -2.39. The first-order valence-electron chi connectivity index (χ1n) is 9.23. The molecule has 0 spiro atoms. The first kappa shape index (κ1) is 19.7. The molecule has 1 heterocycles. The van der Waals surface area contributed by atoms with Crippen LogP contribution in [-0.4, -0.2) is 48.5 Å². The van der Waals surface area contributed by atoms with Crippen LogP contribution in [-0.2, 0) is 11.3 Å². The predicted octanol–water partition coefficient (Wildman–Crippen LogP) is 3.39. The summed E-state index contributed by atoms with van der Waals surface area (Å²) in [5.74, 6) is -0.100. The number of rotatable bonds is 9. The van der Waals surface area contributed by atoms with E-state index in [-0.39, 0.29) is 24.3 Å². The molecule has 3 rings (SSSR count). The van der Waals surface area contributed by atoms with Crippen LogP contribution in [0.15, 0.2) is 48.5 Å². The van der Waals surface area contributed by atoms with Crippen LogP contribution >= 0.6 is 0 Å². The fourth-order valence-electron chi connectivity index (χ4n) is 3.25. The third kappa shape index (κ3) is 6.57. The molecular formula is C21H25F2NO3. The Labute approximate surface area is 158 Å². The fraction of sp³-hybridized carbons (Fsp3) is 0.429. The minimum atomic E-state index is -0.731. The summed E-state index contributed by atoms with van der Waals surface area (Å²) in [7, 11) is 0. The van der Waals surface area contributed by atoms with Crippen LogP contribution in [0.2, 0.25) is 0 Å². The summed E-state index contributed by atoms with van der Waals surface area (Å²) in [6, 6.07) is 12.2. The van der Waals surface area contributed by atoms with Gasteiger partial charge in [-0.3, -0.25) is 4.90 Å². The molecule has 2 aromatic rings. The van der Waals surface area contributed by atoms with Crippen molar-refractivity contribution in [3.63, 3.8) is 0 Å². The maximum absolute atomic E-state index is 13.5. The fourth-order valence-corrected chi connectivity index (χ4v) is 3.25. The molecule has 1 fully saturated rings. The summed E-state index contributed by atoms with van der Waals surface area (Å²) < 4.78 is 37.7. The zero-order valence-corrected chi connectivity index (χ0v) is 15.2. The van der Waals surface area contributed by atoms with Gasteiger partial charge in [0.1, 0.15) is 30.1 Å². The Kier molecular flexibility index (Phi) is 7.15. The second-order valence-electron chi connectivity index (χ2n) is 6.88. The molecule has 1 saturated heterocycles. The van der Waals surface area contributed by atoms with Crippen molar-refractivity contribution in [2.45, 2.75) is 31.6 Å². The van der Waals surface area contributed by atoms with Gasteiger partial charge in [-0.25, -0.2) is 8.78 Å². The van der Waals surface area contributed by atoms with Crippen molar-refractivity contribution < 1.29 is 23.4 Å². The van der Waals surface area contributed by atoms with E-state index < -0.39 is 6.10 Å². The molecular weight excluding hydrogens is 352 g/mol. The van der Waals surface area contributed by atoms with Crippen LogP contribution < -0.4 is 4.74 Å². The van der Waals surface area contributed by atoms with E-state index >= 15 is 0 Å². The Bertz CT molecular complexity index is 705. The molecule has 2 aromatic carbocycles. The van der Waals surface area contributed by atoms with E-state index in [0.29, 0.717) is 25.4 Å². The van der Waals surface area contributed by atoms with E-state index in [4.69, 9.17) is 9.47 Å². The van der Waals surface area contributed by atoms with Crippen LogP contribution in [0.4, 0.5) is 8.78 Å². The zero-order chi connectivity index (χ0) is 19.1. The minimum Gasteiger partial charge on any atom is -0.491 e. The first-order valence-corrected chi connectivity index (χ1v) is 9.23. The molecule has 27 heavy (non-hydrogen) atoms. The van der Waals surface area contributed by atoms with E-state index in [0.717, 1.165) is 25.0 Å². The van der Waals surface area contributed by atoms with Gasteiger partial charge in [-0.05, 0) is 54.8 Å². The van der Waals surface area contributed by atoms with Crippen molar-refractivity contribution in [3.8, 4) is 5.75 Å². The predicted molar refractivity (Wildman–Crippen MR) is 98.6 cm³/mol. The smallest absolute Gasteiger partial charge is 0.123 e. The molecule has 1 aliphatic heterocycles. The van der Waals surface area contributed by atoms with E-state index in [9.17, 15) is 13.9 Å². The highest BCUT2D eigenvalue weighted by Gasteiger charge is 2.21. The molecule has 2 unspecified atom stereocenters. The summed E-state index contributed by atoms with van der Waals surface area (Å²) in [6.07, 6.45) is 1.42. The average molecular weight is 377 g/mol. The van der Waals surface area contributed by atoms with Gasteiger partial charge >= 0.3 is 0 Å². The number of halogens is 2. The zero-order valence-electron chi connectivity index (χ0n) is 15.2. The van der Waals surface area contributed by atoms with Crippen LogP contribution in [0.5, 0.6) is 5.75 Å². The van der Waals surface area contributed by atoms with Crippen LogP contribution in [0, 0.1) is 11.6 Å². The summed E-state index contributed by atoms with van der Waals surface area (Å²) in [5, 5.41) is 10.4. The van der Waals surface area contributed by atoms with Crippen LogP contribution in [0.1, 0.15) is 18.4 Å². The van der Waals surface area contributed by atoms with Crippen molar-refractivity contribution in [3.05, 3.63) is 65.7 Å². The molecule has 4 nitrogen and oxygen atoms in total. The molecule has 1 N–H and O–H groups in total. The number of nitrogens with zero attached hydrogens (tertiary/aromatic N) is 1. The Morgan fingerprint density at radius 1 is 1.15 bits per heavy atom. The number of benzene rings is 2. The maximum atomic E-state index is 13.5. The van der Waals surface area contributed by atoms with Crippen LogP contribution in [0.25, 0.3) is 0 Å². The topological polar surface area (TPSA) is 41.9 Å². The lowest BCUT2D eigenvalue weighted by molar-refractivity contribution is 0.0313. The quantitative estimate of drug-likeness (QED) is 0.727. The third-order valence-electron chi connectivity index (χ3n) is 4.51. The normalized spacial score (nSPS) is 18.0. The molecule has 6 heteroatoms. The van der Waals surface area contributed by atoms with Gasteiger partial charge in [-0.1, -0.05) is 12.1 Å². The second-order valence-corrected chi connectivity index (χ2v) is 6.88. The summed E-state index contributed by atoms with van der Waals surface area (Å²) in [6.45, 7) is 2.42. The number of ether oxygens (including phenoxy) is 2. The molecule has 0 aromatic heterocycles. The van der Waals surface area contributed by atoms with Crippen molar-refractivity contribution in [2.24, 2.45) is 0 Å². The summed E-state index contributed by atoms with van der Waals surface area (Å²) in [5.41, 5.74) is 0.847. The number of aliphatic hydroxyl groups excluding tert-OH is 1. The highest BCUT2D eigenvalue weighted by molar-refractivity contribution is 5.22. The number of hydrogen-bond acceptors (Lipinski definition) is 4. The molecule has 0 aliphatic carbocycles. The highest BCUT2D eigenvalue weighted by atomic mass is 19.1. The third-order valence-corrected chi connectivity index (χ3v) is 4.51. The second kappa shape index (κ2) is 9.78. The average Bonchev–Trinajstić information content (AvgIpc) is 3.14. The monoisotopic (exact) mass is 377 g/mol. The lowest BCUT2D eigenvalue weighted by Gasteiger charge is -2.27. The SMILES string of the molecule is OC(COc1ccc(F)cc1)CN(Cc1cccc(F)c1)CC1CCCO1. The van der Waals surface area contributed by atoms with Crippen LogP contribution in [0.3, 0.4) is 0 Å². The van der Waals surface area contributed by atoms with E-state index in [1.165, 1.54) is 36.4 Å². The Hall–Kier alpha value is -2.02. The molecule has 0 radical (unpaired) electrons. The Morgan fingerprint density at radius 3 is 2.67 bits per heavy atom. The molecule has 1 aliphatic rings. The lowest BCUT2D eigenvalue weighted by atomic mass is 10.1. The molecule has 2 atom stereocenters. The van der Waals surface area contributed by atoms with Gasteiger partial charge in [0.2, 0.25) is 0 Å². The number of hydrogen-bond donors (Lipinski definition) is 1. The number of aliphatic hydroxyl groups is 1. The van der Waals surface area contributed by atoms with Gasteiger partial charge in [0.05, 0.1) is 6.10 Å². The molecule has 0 bridgehead atoms. The van der Waals surface area contributed by atoms with E-state index in [1.54, 1.807) is 6.07 Å². The van der Waals surface area contributed by atoms with E-state index in [1.807, 2.05) is 6.07 Å². The van der Waals surface area contributed by atoms with E-state index in [2.05, 4.69) is 4.90 Å². The van der Waals surface area contributed by atoms with Gasteiger partial charge in [0.25, 0.3) is 0 Å². The largest absolute Gasteiger partial charge is 0.491 e. The van der Waals surface area contributed by atoms with Gasteiger partial charge in [0.15, 0.2) is 0 Å². The van der Waals surface area contributed by atoms with Crippen molar-refractivity contribution in [2.75, 3.05) is 26.3 Å². The summed E-state index contributed by atoms with van der Waals surface area (Å²) in [4.78, 5) is 2.06. The minimum absolute atomic E-state index is 0.0941. The standard InChI is InChI=1S/C21H25F2NO3/c22-17-6-8-20(9-7-17)27-15-19(25)13-24(14-21-5-2-10-26-21)12-16-3-1-4-18(23)11-16/h1,3-4,6-9,11,19,21,25H,2,5,10,12-15H2. The summed E-state index contributed by atoms with van der Waals surface area (Å²) >= 11 is 0. The Balaban J connectivity index is 1.56. The van der Waals surface area contributed by atoms with Crippen molar-refractivity contribution in [1.82, 2.24) is 4.90 Å². The van der Waals surface area contributed by atoms with Gasteiger partial charge in [0, 0.05) is 26.2 Å². The Morgan fingerprint density at radius 2 is 1.96 bits per heavy atom. The van der Waals surface area contributed by atoms with Gasteiger partial charge in [-0.2, -0.15) is 0 Å². The first-order chi connectivity index (χ1) is 13.1. The van der Waals surface area contributed by atoms with Crippen molar-refractivity contribution in [1.29, 1.82) is 0 Å². The van der Waals surface area contributed by atoms with Crippen molar-refractivity contribution >= 4 is 0 Å². The molecule has 0 saturated carbocycles. The molecule has 146 valence electrons.